The second kappa shape index (κ2) is 4.93. The highest BCUT2D eigenvalue weighted by Crippen LogP contribution is 2.27. The maximum Gasteiger partial charge on any atom is 0.0527 e. The first kappa shape index (κ1) is 12.8. The molecular formula is C17H21N. The van der Waals surface area contributed by atoms with Crippen LogP contribution in [0.2, 0.25) is 0 Å². The summed E-state index contributed by atoms with van der Waals surface area (Å²) >= 11 is 0. The van der Waals surface area contributed by atoms with Gasteiger partial charge in [0, 0.05) is 11.6 Å². The standard InChI is InChI=1S/C17H21N/c1-13(18-17(2,3)4)15-11-7-8-12-16(15)14-9-5-6-10-14/h5-12,14H,1-4H3. The van der Waals surface area contributed by atoms with Crippen LogP contribution in [0.3, 0.4) is 0 Å². The normalized spacial score (nSPS) is 16.6. The van der Waals surface area contributed by atoms with Gasteiger partial charge < -0.3 is 0 Å². The predicted octanol–water partition coefficient (Wildman–Crippen LogP) is 4.50. The van der Waals surface area contributed by atoms with Crippen molar-refractivity contribution in [2.75, 3.05) is 0 Å². The first-order chi connectivity index (χ1) is 8.47. The largest absolute Gasteiger partial charge is 0.284 e. The van der Waals surface area contributed by atoms with Crippen LogP contribution < -0.4 is 0 Å². The summed E-state index contributed by atoms with van der Waals surface area (Å²) in [4.78, 5) is 4.78. The zero-order valence-corrected chi connectivity index (χ0v) is 11.6. The van der Waals surface area contributed by atoms with Crippen molar-refractivity contribution >= 4 is 5.71 Å². The van der Waals surface area contributed by atoms with Gasteiger partial charge in [-0.2, -0.15) is 0 Å². The van der Waals surface area contributed by atoms with Crippen LogP contribution in [-0.4, -0.2) is 11.3 Å². The number of benzene rings is 1. The first-order valence-corrected chi connectivity index (χ1v) is 6.48. The molecule has 0 atom stereocenters. The Balaban J connectivity index is 2.42. The molecule has 0 N–H and O–H groups in total. The third-order valence-electron chi connectivity index (χ3n) is 2.96. The number of allylic oxidation sites excluding steroid dienone is 4. The zero-order chi connectivity index (χ0) is 13.2. The third-order valence-corrected chi connectivity index (χ3v) is 2.96. The maximum absolute atomic E-state index is 4.78. The Bertz CT molecular complexity index is 501. The van der Waals surface area contributed by atoms with Gasteiger partial charge in [-0.25, -0.2) is 0 Å². The van der Waals surface area contributed by atoms with Crippen LogP contribution in [0.25, 0.3) is 0 Å². The SMILES string of the molecule is CC(=NC(C)(C)C)c1ccccc1C1C=CC=C1. The fourth-order valence-corrected chi connectivity index (χ4v) is 2.32. The molecule has 18 heavy (non-hydrogen) atoms. The van der Waals surface area contributed by atoms with Crippen molar-refractivity contribution in [3.8, 4) is 0 Å². The molecule has 0 bridgehead atoms. The molecule has 1 aromatic rings. The fourth-order valence-electron chi connectivity index (χ4n) is 2.32. The van der Waals surface area contributed by atoms with Gasteiger partial charge in [0.25, 0.3) is 0 Å². The summed E-state index contributed by atoms with van der Waals surface area (Å²) in [6.45, 7) is 8.50. The number of aliphatic imine (C=N–C) groups is 1. The van der Waals surface area contributed by atoms with E-state index in [1.54, 1.807) is 0 Å². The molecule has 0 fully saturated rings. The Hall–Kier alpha value is -1.63. The van der Waals surface area contributed by atoms with Crippen LogP contribution in [0, 0.1) is 0 Å². The van der Waals surface area contributed by atoms with E-state index in [9.17, 15) is 0 Å². The van der Waals surface area contributed by atoms with E-state index in [0.29, 0.717) is 5.92 Å². The Kier molecular flexibility index (Phi) is 3.51. The Morgan fingerprint density at radius 2 is 1.67 bits per heavy atom. The van der Waals surface area contributed by atoms with Crippen LogP contribution in [0.5, 0.6) is 0 Å². The highest BCUT2D eigenvalue weighted by atomic mass is 14.8. The van der Waals surface area contributed by atoms with E-state index in [0.717, 1.165) is 5.71 Å². The lowest BCUT2D eigenvalue weighted by atomic mass is 9.93. The Morgan fingerprint density at radius 3 is 2.28 bits per heavy atom. The van der Waals surface area contributed by atoms with Gasteiger partial charge >= 0.3 is 0 Å². The average molecular weight is 239 g/mol. The van der Waals surface area contributed by atoms with Crippen molar-refractivity contribution in [2.45, 2.75) is 39.2 Å². The maximum atomic E-state index is 4.78. The zero-order valence-electron chi connectivity index (χ0n) is 11.6. The summed E-state index contributed by atoms with van der Waals surface area (Å²) in [5, 5.41) is 0. The van der Waals surface area contributed by atoms with Gasteiger partial charge in [-0.15, -0.1) is 0 Å². The number of hydrogen-bond donors (Lipinski definition) is 0. The summed E-state index contributed by atoms with van der Waals surface area (Å²) in [7, 11) is 0. The van der Waals surface area contributed by atoms with Gasteiger partial charge in [0.05, 0.1) is 5.54 Å². The lowest BCUT2D eigenvalue weighted by Gasteiger charge is -2.17. The topological polar surface area (TPSA) is 12.4 Å². The minimum Gasteiger partial charge on any atom is -0.284 e. The highest BCUT2D eigenvalue weighted by Gasteiger charge is 2.15. The van der Waals surface area contributed by atoms with Gasteiger partial charge in [0.2, 0.25) is 0 Å². The molecule has 94 valence electrons. The Labute approximate surface area is 110 Å². The molecule has 1 aliphatic carbocycles. The van der Waals surface area contributed by atoms with Crippen LogP contribution >= 0.6 is 0 Å². The number of nitrogens with zero attached hydrogens (tertiary/aromatic N) is 1. The summed E-state index contributed by atoms with van der Waals surface area (Å²) < 4.78 is 0. The van der Waals surface area contributed by atoms with Crippen molar-refractivity contribution < 1.29 is 0 Å². The highest BCUT2D eigenvalue weighted by molar-refractivity contribution is 6.00. The fraction of sp³-hybridized carbons (Fsp3) is 0.353. The molecular weight excluding hydrogens is 218 g/mol. The van der Waals surface area contributed by atoms with Gasteiger partial charge in [0.1, 0.15) is 0 Å². The second-order valence-electron chi connectivity index (χ2n) is 5.75. The van der Waals surface area contributed by atoms with E-state index in [2.05, 4.69) is 76.3 Å². The van der Waals surface area contributed by atoms with E-state index in [4.69, 9.17) is 4.99 Å². The predicted molar refractivity (Wildman–Crippen MR) is 79.4 cm³/mol. The molecule has 0 heterocycles. The van der Waals surface area contributed by atoms with Crippen LogP contribution in [0.15, 0.2) is 53.6 Å². The van der Waals surface area contributed by atoms with Crippen molar-refractivity contribution in [1.29, 1.82) is 0 Å². The van der Waals surface area contributed by atoms with Crippen LogP contribution in [0.1, 0.15) is 44.7 Å². The van der Waals surface area contributed by atoms with Crippen molar-refractivity contribution in [3.05, 3.63) is 59.7 Å². The summed E-state index contributed by atoms with van der Waals surface area (Å²) in [6, 6.07) is 8.55. The van der Waals surface area contributed by atoms with E-state index in [1.807, 2.05) is 0 Å². The van der Waals surface area contributed by atoms with E-state index in [1.165, 1.54) is 11.1 Å². The van der Waals surface area contributed by atoms with Crippen molar-refractivity contribution in [2.24, 2.45) is 4.99 Å². The van der Waals surface area contributed by atoms with Crippen LogP contribution in [-0.2, 0) is 0 Å². The van der Waals surface area contributed by atoms with Gasteiger partial charge in [-0.3, -0.25) is 4.99 Å². The molecule has 0 radical (unpaired) electrons. The molecule has 1 heteroatoms. The van der Waals surface area contributed by atoms with Gasteiger partial charge in [-0.05, 0) is 38.8 Å². The Morgan fingerprint density at radius 1 is 1.06 bits per heavy atom. The molecule has 0 amide bonds. The molecule has 1 aliphatic rings. The van der Waals surface area contributed by atoms with E-state index >= 15 is 0 Å². The quantitative estimate of drug-likeness (QED) is 0.674. The third kappa shape index (κ3) is 2.98. The molecule has 0 aromatic heterocycles. The molecule has 0 unspecified atom stereocenters. The monoisotopic (exact) mass is 239 g/mol. The lowest BCUT2D eigenvalue weighted by molar-refractivity contribution is 0.584. The summed E-state index contributed by atoms with van der Waals surface area (Å²) in [5.41, 5.74) is 3.69. The van der Waals surface area contributed by atoms with E-state index in [-0.39, 0.29) is 5.54 Å². The van der Waals surface area contributed by atoms with Crippen molar-refractivity contribution in [1.82, 2.24) is 0 Å². The van der Waals surface area contributed by atoms with Crippen molar-refractivity contribution in [3.63, 3.8) is 0 Å². The summed E-state index contributed by atoms with van der Waals surface area (Å²) in [6.07, 6.45) is 8.67. The minimum atomic E-state index is -0.0292. The van der Waals surface area contributed by atoms with Gasteiger partial charge in [-0.1, -0.05) is 48.6 Å². The van der Waals surface area contributed by atoms with Crippen LogP contribution in [0.4, 0.5) is 0 Å². The van der Waals surface area contributed by atoms with Gasteiger partial charge in [0.15, 0.2) is 0 Å². The smallest absolute Gasteiger partial charge is 0.0527 e. The second-order valence-corrected chi connectivity index (χ2v) is 5.75. The minimum absolute atomic E-state index is 0.0292. The molecule has 0 saturated carbocycles. The molecule has 1 aromatic carbocycles. The number of rotatable bonds is 2. The molecule has 0 saturated heterocycles. The molecule has 0 spiro atoms. The first-order valence-electron chi connectivity index (χ1n) is 6.48. The number of hydrogen-bond acceptors (Lipinski definition) is 1. The molecule has 1 nitrogen and oxygen atoms in total. The molecule has 0 aliphatic heterocycles. The average Bonchev–Trinajstić information content (AvgIpc) is 2.80. The molecule has 2 rings (SSSR count). The summed E-state index contributed by atoms with van der Waals surface area (Å²) in [5.74, 6) is 0.395. The lowest BCUT2D eigenvalue weighted by Crippen LogP contribution is -2.14. The van der Waals surface area contributed by atoms with E-state index < -0.39 is 0 Å².